The quantitative estimate of drug-likeness (QED) is 0.390. The molecule has 0 saturated carbocycles. The van der Waals surface area contributed by atoms with Crippen molar-refractivity contribution in [2.24, 2.45) is 10.2 Å². The van der Waals surface area contributed by atoms with Gasteiger partial charge in [0.15, 0.2) is 0 Å². The maximum absolute atomic E-state index is 12.5. The van der Waals surface area contributed by atoms with Crippen molar-refractivity contribution in [1.29, 1.82) is 0 Å². The summed E-state index contributed by atoms with van der Waals surface area (Å²) in [6.45, 7) is 0. The van der Waals surface area contributed by atoms with E-state index < -0.39 is 20.5 Å². The molecule has 0 spiro atoms. The molecule has 7 heteroatoms. The fraction of sp³-hybridized carbons (Fsp3) is 0.0476. The number of rotatable bonds is 4. The van der Waals surface area contributed by atoms with Gasteiger partial charge in [0.1, 0.15) is 0 Å². The third-order valence-corrected chi connectivity index (χ3v) is 8.09. The zero-order valence-corrected chi connectivity index (χ0v) is 16.2. The van der Waals surface area contributed by atoms with Gasteiger partial charge in [-0.2, -0.15) is 0 Å². The van der Waals surface area contributed by atoms with E-state index in [1.165, 1.54) is 0 Å². The Labute approximate surface area is 163 Å². The van der Waals surface area contributed by atoms with Crippen LogP contribution in [0.3, 0.4) is 0 Å². The number of methoxy groups -OCH3 is 1. The van der Waals surface area contributed by atoms with Gasteiger partial charge in [0.25, 0.3) is 0 Å². The van der Waals surface area contributed by atoms with Crippen LogP contribution in [-0.4, -0.2) is 27.6 Å². The minimum Gasteiger partial charge on any atom is -0.487 e. The standard InChI is InChI=1S/C21H18N2O4Si/c1-26-20(24)22-23-21(25)27-28(17-11-5-2-6-12-17,18-13-7-3-8-14-18)19-15-9-4-10-16-19/h2-16H,1H3. The lowest BCUT2D eigenvalue weighted by Gasteiger charge is -2.31. The number of azo groups is 1. The molecule has 3 rings (SSSR count). The fourth-order valence-corrected chi connectivity index (χ4v) is 6.61. The minimum absolute atomic E-state index is 0.869. The van der Waals surface area contributed by atoms with Crippen LogP contribution in [0.5, 0.6) is 0 Å². The lowest BCUT2D eigenvalue weighted by Crippen LogP contribution is -2.69. The molecule has 0 N–H and O–H groups in total. The first-order valence-electron chi connectivity index (χ1n) is 8.56. The lowest BCUT2D eigenvalue weighted by molar-refractivity contribution is 0.178. The van der Waals surface area contributed by atoms with Gasteiger partial charge in [0.05, 0.1) is 7.11 Å². The molecule has 3 aromatic carbocycles. The zero-order chi connectivity index (χ0) is 19.8. The van der Waals surface area contributed by atoms with E-state index >= 15 is 0 Å². The molecule has 0 radical (unpaired) electrons. The monoisotopic (exact) mass is 390 g/mol. The maximum atomic E-state index is 12.5. The van der Waals surface area contributed by atoms with E-state index in [9.17, 15) is 9.59 Å². The van der Waals surface area contributed by atoms with Crippen molar-refractivity contribution in [1.82, 2.24) is 0 Å². The Morgan fingerprint density at radius 1 is 0.643 bits per heavy atom. The predicted molar refractivity (Wildman–Crippen MR) is 108 cm³/mol. The number of hydrogen-bond acceptors (Lipinski definition) is 4. The van der Waals surface area contributed by atoms with Crippen molar-refractivity contribution in [2.75, 3.05) is 7.11 Å². The summed E-state index contributed by atoms with van der Waals surface area (Å²) in [7, 11) is -2.07. The SMILES string of the molecule is COC(=O)N=NC(=O)O[Si](c1ccccc1)(c1ccccc1)c1ccccc1. The molecular formula is C21H18N2O4Si. The molecule has 0 bridgehead atoms. The van der Waals surface area contributed by atoms with E-state index in [0.717, 1.165) is 22.7 Å². The van der Waals surface area contributed by atoms with E-state index in [4.69, 9.17) is 4.43 Å². The number of hydrogen-bond donors (Lipinski definition) is 0. The molecule has 0 aliphatic rings. The van der Waals surface area contributed by atoms with E-state index in [-0.39, 0.29) is 0 Å². The van der Waals surface area contributed by atoms with Gasteiger partial charge < -0.3 is 9.16 Å². The van der Waals surface area contributed by atoms with Crippen LogP contribution in [0.1, 0.15) is 0 Å². The maximum Gasteiger partial charge on any atom is 0.452 e. The molecule has 0 unspecified atom stereocenters. The average molecular weight is 390 g/mol. The zero-order valence-electron chi connectivity index (χ0n) is 15.2. The highest BCUT2D eigenvalue weighted by atomic mass is 28.4. The highest BCUT2D eigenvalue weighted by Crippen LogP contribution is 2.11. The third kappa shape index (κ3) is 4.05. The van der Waals surface area contributed by atoms with Gasteiger partial charge in [-0.1, -0.05) is 101 Å². The molecule has 6 nitrogen and oxygen atoms in total. The van der Waals surface area contributed by atoms with Crippen molar-refractivity contribution in [3.8, 4) is 0 Å². The lowest BCUT2D eigenvalue weighted by atomic mass is 10.3. The summed E-state index contributed by atoms with van der Waals surface area (Å²) in [6.07, 6.45) is -1.92. The number of carbonyl (C=O) groups is 2. The van der Waals surface area contributed by atoms with Crippen LogP contribution >= 0.6 is 0 Å². The Morgan fingerprint density at radius 2 is 1.00 bits per heavy atom. The van der Waals surface area contributed by atoms with Gasteiger partial charge in [-0.25, -0.2) is 9.59 Å². The minimum atomic E-state index is -3.22. The van der Waals surface area contributed by atoms with Gasteiger partial charge in [0.2, 0.25) is 0 Å². The molecule has 28 heavy (non-hydrogen) atoms. The summed E-state index contributed by atoms with van der Waals surface area (Å²) >= 11 is 0. The summed E-state index contributed by atoms with van der Waals surface area (Å²) in [5.41, 5.74) is 0. The van der Waals surface area contributed by atoms with Crippen molar-refractivity contribution >= 4 is 36.1 Å². The van der Waals surface area contributed by atoms with Gasteiger partial charge in [0, 0.05) is 0 Å². The van der Waals surface area contributed by atoms with Crippen LogP contribution in [0.2, 0.25) is 0 Å². The van der Waals surface area contributed by atoms with Crippen LogP contribution in [0.4, 0.5) is 9.59 Å². The first-order valence-corrected chi connectivity index (χ1v) is 10.5. The largest absolute Gasteiger partial charge is 0.487 e. The number of amides is 2. The van der Waals surface area contributed by atoms with Gasteiger partial charge >= 0.3 is 20.5 Å². The van der Waals surface area contributed by atoms with E-state index in [1.807, 2.05) is 91.0 Å². The molecule has 0 saturated heterocycles. The van der Waals surface area contributed by atoms with E-state index in [2.05, 4.69) is 15.0 Å². The van der Waals surface area contributed by atoms with Crippen molar-refractivity contribution in [2.45, 2.75) is 0 Å². The Balaban J connectivity index is 2.18. The molecule has 0 aromatic heterocycles. The van der Waals surface area contributed by atoms with Crippen LogP contribution in [-0.2, 0) is 9.16 Å². The fourth-order valence-electron chi connectivity index (χ4n) is 2.97. The molecule has 3 aromatic rings. The molecule has 0 atom stereocenters. The smallest absolute Gasteiger partial charge is 0.452 e. The molecular weight excluding hydrogens is 372 g/mol. The molecule has 0 fully saturated rings. The second kappa shape index (κ2) is 8.87. The van der Waals surface area contributed by atoms with Gasteiger partial charge in [-0.05, 0) is 15.6 Å². The molecule has 2 amide bonds. The molecule has 0 aliphatic carbocycles. The Morgan fingerprint density at radius 3 is 1.36 bits per heavy atom. The number of carbonyl (C=O) groups excluding carboxylic acids is 2. The average Bonchev–Trinajstić information content (AvgIpc) is 2.77. The summed E-state index contributed by atoms with van der Waals surface area (Å²) in [5, 5.41) is 9.21. The Bertz CT molecular complexity index is 867. The Hall–Kier alpha value is -3.58. The van der Waals surface area contributed by atoms with Crippen molar-refractivity contribution in [3.63, 3.8) is 0 Å². The first kappa shape index (κ1) is 19.2. The number of nitrogens with zero attached hydrogens (tertiary/aromatic N) is 2. The molecule has 140 valence electrons. The highest BCUT2D eigenvalue weighted by molar-refractivity contribution is 7.07. The van der Waals surface area contributed by atoms with Crippen LogP contribution in [0.15, 0.2) is 101 Å². The summed E-state index contributed by atoms with van der Waals surface area (Å²) in [4.78, 5) is 23.8. The van der Waals surface area contributed by atoms with Crippen LogP contribution < -0.4 is 15.6 Å². The summed E-state index contributed by atoms with van der Waals surface area (Å²) in [5.74, 6) is 0. The van der Waals surface area contributed by atoms with Crippen molar-refractivity contribution < 1.29 is 18.8 Å². The number of ether oxygens (including phenoxy) is 1. The van der Waals surface area contributed by atoms with Gasteiger partial charge in [-0.3, -0.25) is 0 Å². The van der Waals surface area contributed by atoms with Crippen molar-refractivity contribution in [3.05, 3.63) is 91.0 Å². The molecule has 0 heterocycles. The highest BCUT2D eigenvalue weighted by Gasteiger charge is 2.45. The van der Waals surface area contributed by atoms with Crippen LogP contribution in [0, 0.1) is 0 Å². The van der Waals surface area contributed by atoms with E-state index in [0.29, 0.717) is 0 Å². The Kier molecular flexibility index (Phi) is 6.08. The predicted octanol–water partition coefficient (Wildman–Crippen LogP) is 3.01. The summed E-state index contributed by atoms with van der Waals surface area (Å²) in [6, 6.07) is 28.6. The second-order valence-corrected chi connectivity index (χ2v) is 9.12. The first-order chi connectivity index (χ1) is 13.7. The number of benzene rings is 3. The second-order valence-electron chi connectivity index (χ2n) is 5.82. The normalized spacial score (nSPS) is 11.2. The third-order valence-electron chi connectivity index (χ3n) is 4.17. The topological polar surface area (TPSA) is 77.3 Å². The summed E-state index contributed by atoms with van der Waals surface area (Å²) < 4.78 is 10.4. The van der Waals surface area contributed by atoms with Crippen LogP contribution in [0.25, 0.3) is 0 Å². The van der Waals surface area contributed by atoms with E-state index in [1.54, 1.807) is 0 Å². The van der Waals surface area contributed by atoms with Gasteiger partial charge in [-0.15, -0.1) is 0 Å². The molecule has 0 aliphatic heterocycles.